The van der Waals surface area contributed by atoms with Crippen molar-refractivity contribution in [3.63, 3.8) is 0 Å². The van der Waals surface area contributed by atoms with E-state index in [1.165, 1.54) is 0 Å². The van der Waals surface area contributed by atoms with E-state index in [0.717, 1.165) is 16.7 Å². The molecule has 1 aliphatic rings. The van der Waals surface area contributed by atoms with Gasteiger partial charge in [-0.05, 0) is 42.2 Å². The highest BCUT2D eigenvalue weighted by atomic mass is 32.2. The Morgan fingerprint density at radius 2 is 1.92 bits per heavy atom. The number of carbonyl (C=O) groups is 1. The third-order valence-corrected chi connectivity index (χ3v) is 6.16. The van der Waals surface area contributed by atoms with Crippen molar-refractivity contribution in [2.24, 2.45) is 0 Å². The summed E-state index contributed by atoms with van der Waals surface area (Å²) in [6.07, 6.45) is 0.568. The summed E-state index contributed by atoms with van der Waals surface area (Å²) in [6, 6.07) is 14.0. The number of aliphatic hydroxyl groups excluding tert-OH is 1. The lowest BCUT2D eigenvalue weighted by molar-refractivity contribution is -0.135. The Bertz CT molecular complexity index is 897. The predicted octanol–water partition coefficient (Wildman–Crippen LogP) is 1.60. The molecule has 6 nitrogen and oxygen atoms in total. The van der Waals surface area contributed by atoms with Gasteiger partial charge in [-0.1, -0.05) is 36.4 Å². The summed E-state index contributed by atoms with van der Waals surface area (Å²) in [5.74, 6) is -0.314. The fourth-order valence-corrected chi connectivity index (χ4v) is 4.40. The van der Waals surface area contributed by atoms with Gasteiger partial charge < -0.3 is 10.0 Å². The fourth-order valence-electron chi connectivity index (χ4n) is 3.12. The molecule has 0 spiro atoms. The van der Waals surface area contributed by atoms with Crippen LogP contribution in [-0.4, -0.2) is 37.5 Å². The number of rotatable bonds is 5. The molecule has 26 heavy (non-hydrogen) atoms. The first-order chi connectivity index (χ1) is 12.4. The molecule has 0 saturated carbocycles. The SMILES string of the molecule is C[C@@H](NS(=O)(=O)c1ccc2c(c1)CCN(C(=O)CO)C2)c1ccccc1. The third-order valence-electron chi connectivity index (χ3n) is 4.62. The van der Waals surface area contributed by atoms with E-state index in [9.17, 15) is 13.2 Å². The molecule has 0 fully saturated rings. The number of hydrogen-bond donors (Lipinski definition) is 2. The monoisotopic (exact) mass is 374 g/mol. The van der Waals surface area contributed by atoms with E-state index in [0.29, 0.717) is 19.5 Å². The van der Waals surface area contributed by atoms with Gasteiger partial charge in [0, 0.05) is 19.1 Å². The molecule has 7 heteroatoms. The molecular weight excluding hydrogens is 352 g/mol. The minimum absolute atomic E-state index is 0.223. The lowest BCUT2D eigenvalue weighted by Crippen LogP contribution is -2.37. The number of fused-ring (bicyclic) bond motifs is 1. The summed E-state index contributed by atoms with van der Waals surface area (Å²) in [5.41, 5.74) is 2.72. The predicted molar refractivity (Wildman–Crippen MR) is 97.8 cm³/mol. The van der Waals surface area contributed by atoms with Gasteiger partial charge in [0.2, 0.25) is 15.9 Å². The maximum absolute atomic E-state index is 12.7. The molecule has 0 aliphatic carbocycles. The molecule has 2 N–H and O–H groups in total. The molecule has 0 radical (unpaired) electrons. The van der Waals surface area contributed by atoms with Gasteiger partial charge in [-0.2, -0.15) is 0 Å². The van der Waals surface area contributed by atoms with Crippen LogP contribution in [0.25, 0.3) is 0 Å². The van der Waals surface area contributed by atoms with E-state index < -0.39 is 16.6 Å². The second-order valence-corrected chi connectivity index (χ2v) is 8.12. The average molecular weight is 374 g/mol. The summed E-state index contributed by atoms with van der Waals surface area (Å²) < 4.78 is 28.1. The summed E-state index contributed by atoms with van der Waals surface area (Å²) in [5, 5.41) is 8.98. The molecule has 1 heterocycles. The van der Waals surface area contributed by atoms with Gasteiger partial charge in [-0.15, -0.1) is 0 Å². The highest BCUT2D eigenvalue weighted by molar-refractivity contribution is 7.89. The zero-order valence-corrected chi connectivity index (χ0v) is 15.4. The number of benzene rings is 2. The van der Waals surface area contributed by atoms with Crippen LogP contribution in [0.5, 0.6) is 0 Å². The molecule has 0 unspecified atom stereocenters. The van der Waals surface area contributed by atoms with Crippen LogP contribution in [0.2, 0.25) is 0 Å². The lowest BCUT2D eigenvalue weighted by Gasteiger charge is -2.28. The minimum Gasteiger partial charge on any atom is -0.387 e. The van der Waals surface area contributed by atoms with Crippen molar-refractivity contribution in [3.05, 3.63) is 65.2 Å². The number of amides is 1. The van der Waals surface area contributed by atoms with Crippen molar-refractivity contribution in [1.82, 2.24) is 9.62 Å². The molecule has 0 aromatic heterocycles. The van der Waals surface area contributed by atoms with Gasteiger partial charge in [0.05, 0.1) is 4.90 Å². The van der Waals surface area contributed by atoms with Gasteiger partial charge in [0.15, 0.2) is 0 Å². The Morgan fingerprint density at radius 3 is 2.62 bits per heavy atom. The standard InChI is InChI=1S/C19H22N2O4S/c1-14(15-5-3-2-4-6-15)20-26(24,25)18-8-7-17-12-21(19(23)13-22)10-9-16(17)11-18/h2-8,11,14,20,22H,9-10,12-13H2,1H3/t14-/m1/s1. The van der Waals surface area contributed by atoms with E-state index >= 15 is 0 Å². The largest absolute Gasteiger partial charge is 0.387 e. The summed E-state index contributed by atoms with van der Waals surface area (Å²) in [7, 11) is -3.65. The van der Waals surface area contributed by atoms with Gasteiger partial charge in [0.25, 0.3) is 0 Å². The van der Waals surface area contributed by atoms with Crippen molar-refractivity contribution in [2.75, 3.05) is 13.2 Å². The fraction of sp³-hybridized carbons (Fsp3) is 0.316. The van der Waals surface area contributed by atoms with Crippen LogP contribution in [0, 0.1) is 0 Å². The third kappa shape index (κ3) is 3.95. The normalized spacial score (nSPS) is 15.4. The number of hydrogen-bond acceptors (Lipinski definition) is 4. The quantitative estimate of drug-likeness (QED) is 0.832. The van der Waals surface area contributed by atoms with E-state index in [-0.39, 0.29) is 16.8 Å². The Labute approximate surface area is 153 Å². The van der Waals surface area contributed by atoms with Crippen LogP contribution in [0.3, 0.4) is 0 Å². The first-order valence-corrected chi connectivity index (χ1v) is 9.97. The maximum atomic E-state index is 12.7. The zero-order chi connectivity index (χ0) is 18.7. The Balaban J connectivity index is 1.79. The zero-order valence-electron chi connectivity index (χ0n) is 14.6. The van der Waals surface area contributed by atoms with E-state index in [1.54, 1.807) is 23.1 Å². The van der Waals surface area contributed by atoms with Crippen LogP contribution in [0.4, 0.5) is 0 Å². The number of carbonyl (C=O) groups excluding carboxylic acids is 1. The van der Waals surface area contributed by atoms with E-state index in [4.69, 9.17) is 5.11 Å². The minimum atomic E-state index is -3.65. The molecule has 2 aromatic rings. The maximum Gasteiger partial charge on any atom is 0.248 e. The Morgan fingerprint density at radius 1 is 1.19 bits per heavy atom. The topological polar surface area (TPSA) is 86.7 Å². The Kier molecular flexibility index (Phi) is 5.41. The van der Waals surface area contributed by atoms with Crippen molar-refractivity contribution in [3.8, 4) is 0 Å². The smallest absolute Gasteiger partial charge is 0.248 e. The van der Waals surface area contributed by atoms with Crippen LogP contribution in [-0.2, 0) is 27.8 Å². The number of aliphatic hydroxyl groups is 1. The molecule has 138 valence electrons. The number of nitrogens with one attached hydrogen (secondary N) is 1. The van der Waals surface area contributed by atoms with Crippen molar-refractivity contribution in [1.29, 1.82) is 0 Å². The average Bonchev–Trinajstić information content (AvgIpc) is 2.66. The summed E-state index contributed by atoms with van der Waals surface area (Å²) in [6.45, 7) is 2.17. The van der Waals surface area contributed by atoms with E-state index in [1.807, 2.05) is 37.3 Å². The Hall–Kier alpha value is -2.22. The second kappa shape index (κ2) is 7.57. The second-order valence-electron chi connectivity index (χ2n) is 6.41. The highest BCUT2D eigenvalue weighted by Crippen LogP contribution is 2.24. The van der Waals surface area contributed by atoms with Gasteiger partial charge in [0.1, 0.15) is 6.61 Å². The first kappa shape index (κ1) is 18.6. The number of sulfonamides is 1. The molecular formula is C19H22N2O4S. The first-order valence-electron chi connectivity index (χ1n) is 8.48. The van der Waals surface area contributed by atoms with Crippen LogP contribution < -0.4 is 4.72 Å². The van der Waals surface area contributed by atoms with Crippen LogP contribution in [0.15, 0.2) is 53.4 Å². The van der Waals surface area contributed by atoms with Crippen molar-refractivity contribution < 1.29 is 18.3 Å². The highest BCUT2D eigenvalue weighted by Gasteiger charge is 2.23. The van der Waals surface area contributed by atoms with Gasteiger partial charge in [-0.25, -0.2) is 13.1 Å². The lowest BCUT2D eigenvalue weighted by atomic mass is 10.00. The van der Waals surface area contributed by atoms with E-state index in [2.05, 4.69) is 4.72 Å². The number of nitrogens with zero attached hydrogens (tertiary/aromatic N) is 1. The summed E-state index contributed by atoms with van der Waals surface area (Å²) >= 11 is 0. The van der Waals surface area contributed by atoms with Crippen LogP contribution in [0.1, 0.15) is 29.7 Å². The molecule has 1 atom stereocenters. The molecule has 2 aromatic carbocycles. The molecule has 0 bridgehead atoms. The summed E-state index contributed by atoms with van der Waals surface area (Å²) in [4.78, 5) is 13.4. The van der Waals surface area contributed by atoms with Crippen molar-refractivity contribution >= 4 is 15.9 Å². The molecule has 1 amide bonds. The molecule has 0 saturated heterocycles. The van der Waals surface area contributed by atoms with Crippen LogP contribution >= 0.6 is 0 Å². The van der Waals surface area contributed by atoms with Crippen molar-refractivity contribution in [2.45, 2.75) is 30.8 Å². The molecule has 1 aliphatic heterocycles. The molecule has 3 rings (SSSR count). The van der Waals surface area contributed by atoms with Gasteiger partial charge in [-0.3, -0.25) is 4.79 Å². The van der Waals surface area contributed by atoms with Gasteiger partial charge >= 0.3 is 0 Å².